The van der Waals surface area contributed by atoms with E-state index in [1.807, 2.05) is 6.92 Å². The van der Waals surface area contributed by atoms with E-state index in [9.17, 15) is 4.79 Å². The normalized spacial score (nSPS) is 12.1. The van der Waals surface area contributed by atoms with Crippen molar-refractivity contribution in [1.82, 2.24) is 0 Å². The summed E-state index contributed by atoms with van der Waals surface area (Å²) in [5, 5.41) is 0. The molecule has 0 aromatic heterocycles. The zero-order chi connectivity index (χ0) is 9.56. The van der Waals surface area contributed by atoms with Crippen molar-refractivity contribution in [3.05, 3.63) is 0 Å². The van der Waals surface area contributed by atoms with Crippen LogP contribution in [0.5, 0.6) is 0 Å². The Morgan fingerprint density at radius 3 is 2.33 bits per heavy atom. The Hall–Kier alpha value is -0.770. The Bertz CT molecular complexity index is 193. The van der Waals surface area contributed by atoms with E-state index in [2.05, 4.69) is 25.7 Å². The number of hydrogen-bond acceptors (Lipinski definition) is 1. The summed E-state index contributed by atoms with van der Waals surface area (Å²) in [6.07, 6.45) is 1.33. The van der Waals surface area contributed by atoms with Crippen LogP contribution < -0.4 is 0 Å². The van der Waals surface area contributed by atoms with Gasteiger partial charge in [0.15, 0.2) is 0 Å². The molecule has 12 heavy (non-hydrogen) atoms. The van der Waals surface area contributed by atoms with Gasteiger partial charge in [0.05, 0.1) is 0 Å². The second kappa shape index (κ2) is 5.83. The van der Waals surface area contributed by atoms with Crippen LogP contribution in [0.3, 0.4) is 0 Å². The van der Waals surface area contributed by atoms with E-state index in [-0.39, 0.29) is 5.92 Å². The summed E-state index contributed by atoms with van der Waals surface area (Å²) in [7, 11) is 0. The minimum absolute atomic E-state index is 0.184. The lowest BCUT2D eigenvalue weighted by Gasteiger charge is -2.12. The van der Waals surface area contributed by atoms with Crippen LogP contribution in [0.1, 0.15) is 40.5 Å². The molecule has 1 nitrogen and oxygen atoms in total. The highest BCUT2D eigenvalue weighted by atomic mass is 16.1. The lowest BCUT2D eigenvalue weighted by atomic mass is 9.91. The fraction of sp³-hybridized carbons (Fsp3) is 0.727. The third-order valence-corrected chi connectivity index (χ3v) is 2.18. The number of carbonyl (C=O) groups is 1. The Balaban J connectivity index is 3.77. The van der Waals surface area contributed by atoms with Gasteiger partial charge in [0.25, 0.3) is 0 Å². The smallest absolute Gasteiger partial charge is 0.136 e. The molecule has 0 heterocycles. The Morgan fingerprint density at radius 2 is 1.92 bits per heavy atom. The molecule has 0 fully saturated rings. The van der Waals surface area contributed by atoms with Crippen LogP contribution in [0.4, 0.5) is 0 Å². The third-order valence-electron chi connectivity index (χ3n) is 2.18. The fourth-order valence-corrected chi connectivity index (χ4v) is 0.910. The quantitative estimate of drug-likeness (QED) is 0.587. The van der Waals surface area contributed by atoms with Crippen molar-refractivity contribution in [1.29, 1.82) is 0 Å². The molecule has 0 bridgehead atoms. The molecule has 0 aliphatic heterocycles. The molecule has 0 saturated carbocycles. The number of ketones is 1. The van der Waals surface area contributed by atoms with Gasteiger partial charge in [-0.25, -0.2) is 0 Å². The van der Waals surface area contributed by atoms with Gasteiger partial charge in [-0.15, -0.1) is 11.8 Å². The van der Waals surface area contributed by atoms with Crippen molar-refractivity contribution < 1.29 is 4.79 Å². The number of hydrogen-bond donors (Lipinski definition) is 0. The first-order chi connectivity index (χ1) is 5.59. The van der Waals surface area contributed by atoms with E-state index in [4.69, 9.17) is 0 Å². The molecule has 0 aliphatic rings. The second-order valence-corrected chi connectivity index (χ2v) is 3.43. The molecule has 1 heteroatoms. The van der Waals surface area contributed by atoms with Crippen molar-refractivity contribution >= 4 is 5.78 Å². The Kier molecular flexibility index (Phi) is 5.45. The molecule has 0 rings (SSSR count). The van der Waals surface area contributed by atoms with Gasteiger partial charge in [-0.05, 0) is 12.8 Å². The van der Waals surface area contributed by atoms with Crippen LogP contribution in [0.2, 0.25) is 0 Å². The monoisotopic (exact) mass is 166 g/mol. The van der Waals surface area contributed by atoms with Crippen molar-refractivity contribution in [3.8, 4) is 11.8 Å². The molecule has 0 radical (unpaired) electrons. The first-order valence-corrected chi connectivity index (χ1v) is 4.52. The summed E-state index contributed by atoms with van der Waals surface area (Å²) in [6.45, 7) is 7.95. The Labute approximate surface area is 75.5 Å². The molecular formula is C11H18O. The molecule has 0 spiro atoms. The summed E-state index contributed by atoms with van der Waals surface area (Å²) in [5.74, 6) is 6.67. The largest absolute Gasteiger partial charge is 0.299 e. The van der Waals surface area contributed by atoms with Crippen LogP contribution in [-0.2, 0) is 4.79 Å². The van der Waals surface area contributed by atoms with E-state index in [0.29, 0.717) is 24.5 Å². The molecular weight excluding hydrogens is 148 g/mol. The molecule has 1 atom stereocenters. The fourth-order valence-electron chi connectivity index (χ4n) is 0.910. The van der Waals surface area contributed by atoms with Gasteiger partial charge >= 0.3 is 0 Å². The zero-order valence-electron chi connectivity index (χ0n) is 8.48. The highest BCUT2D eigenvalue weighted by Gasteiger charge is 2.14. The highest BCUT2D eigenvalue weighted by molar-refractivity contribution is 5.81. The molecule has 1 unspecified atom stereocenters. The number of rotatable bonds is 4. The second-order valence-electron chi connectivity index (χ2n) is 3.43. The minimum atomic E-state index is 0.184. The number of carbonyl (C=O) groups excluding carboxylic acids is 1. The van der Waals surface area contributed by atoms with E-state index < -0.39 is 0 Å². The van der Waals surface area contributed by atoms with Gasteiger partial charge in [-0.1, -0.05) is 20.8 Å². The lowest BCUT2D eigenvalue weighted by Crippen LogP contribution is -2.16. The van der Waals surface area contributed by atoms with Crippen molar-refractivity contribution in [3.63, 3.8) is 0 Å². The Morgan fingerprint density at radius 1 is 1.33 bits per heavy atom. The van der Waals surface area contributed by atoms with Crippen LogP contribution in [0.25, 0.3) is 0 Å². The van der Waals surface area contributed by atoms with E-state index in [0.717, 1.165) is 0 Å². The average molecular weight is 166 g/mol. The van der Waals surface area contributed by atoms with E-state index in [1.54, 1.807) is 6.92 Å². The van der Waals surface area contributed by atoms with Crippen LogP contribution in [0.15, 0.2) is 0 Å². The van der Waals surface area contributed by atoms with Crippen LogP contribution >= 0.6 is 0 Å². The maximum atomic E-state index is 11.4. The molecule has 0 aromatic carbocycles. The van der Waals surface area contributed by atoms with Crippen LogP contribution in [-0.4, -0.2) is 5.78 Å². The molecule has 0 saturated heterocycles. The molecule has 0 aromatic rings. The van der Waals surface area contributed by atoms with Crippen molar-refractivity contribution in [2.45, 2.75) is 40.5 Å². The summed E-state index contributed by atoms with van der Waals surface area (Å²) >= 11 is 0. The molecule has 0 aliphatic carbocycles. The van der Waals surface area contributed by atoms with Crippen LogP contribution in [0, 0.1) is 23.7 Å². The van der Waals surface area contributed by atoms with Gasteiger partial charge in [-0.3, -0.25) is 4.79 Å². The summed E-state index contributed by atoms with van der Waals surface area (Å²) < 4.78 is 0. The maximum absolute atomic E-state index is 11.4. The maximum Gasteiger partial charge on any atom is 0.136 e. The minimum Gasteiger partial charge on any atom is -0.299 e. The van der Waals surface area contributed by atoms with Gasteiger partial charge in [0.1, 0.15) is 5.78 Å². The van der Waals surface area contributed by atoms with E-state index >= 15 is 0 Å². The summed E-state index contributed by atoms with van der Waals surface area (Å²) in [6, 6.07) is 0. The highest BCUT2D eigenvalue weighted by Crippen LogP contribution is 2.13. The predicted octanol–water partition coefficient (Wildman–Crippen LogP) is 2.65. The van der Waals surface area contributed by atoms with Gasteiger partial charge in [0, 0.05) is 18.8 Å². The van der Waals surface area contributed by atoms with Gasteiger partial charge in [0.2, 0.25) is 0 Å². The standard InChI is InChI=1S/C11H18O/c1-5-6-7-8-11(12)10(4)9(2)3/h9-10H,7-8H2,1-4H3. The van der Waals surface area contributed by atoms with Crippen molar-refractivity contribution in [2.75, 3.05) is 0 Å². The summed E-state index contributed by atoms with van der Waals surface area (Å²) in [5.41, 5.74) is 0. The lowest BCUT2D eigenvalue weighted by molar-refractivity contribution is -0.123. The number of Topliss-reactive ketones (excluding diaryl/α,β-unsaturated/α-hetero) is 1. The zero-order valence-corrected chi connectivity index (χ0v) is 8.48. The third kappa shape index (κ3) is 4.18. The first kappa shape index (κ1) is 11.2. The topological polar surface area (TPSA) is 17.1 Å². The molecule has 0 amide bonds. The van der Waals surface area contributed by atoms with Crippen molar-refractivity contribution in [2.24, 2.45) is 11.8 Å². The predicted molar refractivity (Wildman–Crippen MR) is 51.7 cm³/mol. The average Bonchev–Trinajstić information content (AvgIpc) is 2.03. The first-order valence-electron chi connectivity index (χ1n) is 4.52. The summed E-state index contributed by atoms with van der Waals surface area (Å²) in [4.78, 5) is 11.4. The molecule has 68 valence electrons. The van der Waals surface area contributed by atoms with E-state index in [1.165, 1.54) is 0 Å². The van der Waals surface area contributed by atoms with Gasteiger partial charge < -0.3 is 0 Å². The SMILES string of the molecule is CC#CCCC(=O)C(C)C(C)C. The molecule has 0 N–H and O–H groups in total. The van der Waals surface area contributed by atoms with Gasteiger partial charge in [-0.2, -0.15) is 0 Å².